The van der Waals surface area contributed by atoms with Crippen molar-refractivity contribution in [2.45, 2.75) is 176 Å². The Morgan fingerprint density at radius 3 is 1.06 bits per heavy atom. The summed E-state index contributed by atoms with van der Waals surface area (Å²) in [6, 6.07) is 70.1. The maximum atomic E-state index is 10.8. The van der Waals surface area contributed by atoms with E-state index in [9.17, 15) is 10.2 Å². The molecule has 8 aromatic carbocycles. The van der Waals surface area contributed by atoms with Crippen LogP contribution in [0.5, 0.6) is 23.0 Å². The van der Waals surface area contributed by atoms with Gasteiger partial charge in [0.2, 0.25) is 6.79 Å². The molecule has 8 aromatic rings. The number of hydrogen-bond donors (Lipinski definition) is 2. The number of nitrogens with zero attached hydrogens (tertiary/aromatic N) is 3. The molecule has 0 saturated heterocycles. The fraction of sp³-hybridized carbons (Fsp3) is 0.400. The molecule has 0 spiro atoms. The number of rotatable bonds is 29. The van der Waals surface area contributed by atoms with E-state index in [1.807, 2.05) is 36.4 Å². The molecule has 2 N–H and O–H groups in total. The predicted molar refractivity (Wildman–Crippen MR) is 366 cm³/mol. The van der Waals surface area contributed by atoms with Crippen LogP contribution in [0, 0.1) is 27.7 Å². The van der Waals surface area contributed by atoms with Gasteiger partial charge >= 0.3 is 0 Å². The minimum Gasteiger partial charge on any atom is -0.508 e. The van der Waals surface area contributed by atoms with Crippen molar-refractivity contribution in [2.75, 3.05) is 33.0 Å². The second-order valence-corrected chi connectivity index (χ2v) is 25.6. The molecule has 0 aromatic heterocycles. The summed E-state index contributed by atoms with van der Waals surface area (Å²) in [5.74, 6) is 3.16. The van der Waals surface area contributed by atoms with Gasteiger partial charge in [-0.1, -0.05) is 180 Å². The summed E-state index contributed by atoms with van der Waals surface area (Å²) in [7, 11) is 0. The van der Waals surface area contributed by atoms with Crippen molar-refractivity contribution in [3.63, 3.8) is 0 Å². The van der Waals surface area contributed by atoms with Gasteiger partial charge in [0.25, 0.3) is 0 Å². The third-order valence-corrected chi connectivity index (χ3v) is 17.7. The molecule has 0 heterocycles. The van der Waals surface area contributed by atoms with E-state index in [1.54, 1.807) is 0 Å². The smallest absolute Gasteiger partial charge is 0.230 e. The van der Waals surface area contributed by atoms with Crippen LogP contribution in [0.1, 0.15) is 185 Å². The van der Waals surface area contributed by atoms with Crippen LogP contribution < -0.4 is 9.47 Å². The van der Waals surface area contributed by atoms with Gasteiger partial charge in [0.15, 0.2) is 0 Å². The minimum atomic E-state index is 0.114. The molecule has 8 rings (SSSR count). The summed E-state index contributed by atoms with van der Waals surface area (Å²) in [4.78, 5) is 7.70. The van der Waals surface area contributed by atoms with Gasteiger partial charge in [0.05, 0.1) is 0 Å². The van der Waals surface area contributed by atoms with Gasteiger partial charge in [-0.3, -0.25) is 9.80 Å². The Morgan fingerprint density at radius 2 is 0.678 bits per heavy atom. The lowest BCUT2D eigenvalue weighted by Gasteiger charge is -2.32. The quantitative estimate of drug-likeness (QED) is 0.0453. The molecule has 0 aliphatic carbocycles. The first-order chi connectivity index (χ1) is 41.8. The van der Waals surface area contributed by atoms with E-state index in [2.05, 4.69) is 269 Å². The predicted octanol–water partition coefficient (Wildman–Crippen LogP) is 19.2. The van der Waals surface area contributed by atoms with Crippen molar-refractivity contribution in [3.8, 4) is 23.0 Å². The minimum absolute atomic E-state index is 0.114. The van der Waals surface area contributed by atoms with E-state index in [4.69, 9.17) is 9.47 Å². The summed E-state index contributed by atoms with van der Waals surface area (Å²) < 4.78 is 12.9. The third kappa shape index (κ3) is 19.4. The topological polar surface area (TPSA) is 68.6 Å². The standard InChI is InChI=1S/C45H62N2O2.C35H41NO2/c1-32(2)46(33(3)4)27-25-41(38-17-13-11-14-18-38)43-30-40(23-22-37(43)10)48-31-49-45-24-21-36(9)29-44(45)42(39-19-15-12-16-20-39)26-28-47(34(5)6)35(7)8;1-25(2)36(21-19-30(28-11-7-5-8-12-28)32-23-26(3)15-17-34(32)37)22-20-31(29-13-9-6-10-14-29)33-24-27(4)16-18-35(33)38/h11-24,29-30,32-35,41-42H,25-28,31H2,1-10H3;5-18,23-25,30-31,37-38H,19-22H2,1-4H3. The lowest BCUT2D eigenvalue weighted by Crippen LogP contribution is -2.38. The zero-order chi connectivity index (χ0) is 62.6. The Morgan fingerprint density at radius 1 is 0.333 bits per heavy atom. The van der Waals surface area contributed by atoms with Gasteiger partial charge in [-0.15, -0.1) is 0 Å². The van der Waals surface area contributed by atoms with Gasteiger partial charge in [0.1, 0.15) is 23.0 Å². The number of benzene rings is 8. The molecule has 4 unspecified atom stereocenters. The van der Waals surface area contributed by atoms with Crippen molar-refractivity contribution in [2.24, 2.45) is 0 Å². The molecule has 0 radical (unpaired) electrons. The van der Waals surface area contributed by atoms with E-state index in [0.717, 1.165) is 85.6 Å². The van der Waals surface area contributed by atoms with Crippen molar-refractivity contribution in [1.29, 1.82) is 0 Å². The van der Waals surface area contributed by atoms with Crippen LogP contribution in [-0.4, -0.2) is 88.1 Å². The highest BCUT2D eigenvalue weighted by Gasteiger charge is 2.26. The molecule has 0 saturated carbocycles. The summed E-state index contributed by atoms with van der Waals surface area (Å²) in [5.41, 5.74) is 14.5. The Hall–Kier alpha value is -7.16. The number of phenols is 2. The van der Waals surface area contributed by atoms with Crippen LogP contribution in [0.25, 0.3) is 0 Å². The number of aryl methyl sites for hydroxylation is 4. The molecule has 0 aliphatic rings. The van der Waals surface area contributed by atoms with Crippen molar-refractivity contribution in [1.82, 2.24) is 14.7 Å². The normalized spacial score (nSPS) is 13.2. The molecule has 0 bridgehead atoms. The molecule has 462 valence electrons. The van der Waals surface area contributed by atoms with Gasteiger partial charge in [-0.2, -0.15) is 0 Å². The SMILES string of the molecule is Cc1ccc(O)c(C(CCN(CCC(c2ccccc2)c2cc(C)ccc2O)C(C)C)c2ccccc2)c1.Cc1ccc(OCOc2ccc(C)c(C(CCN(C(C)C)C(C)C)c3ccccc3)c2)c(C(CCN(C(C)C)C(C)C)c2ccccc2)c1. The van der Waals surface area contributed by atoms with Crippen LogP contribution in [0.3, 0.4) is 0 Å². The highest BCUT2D eigenvalue weighted by atomic mass is 16.7. The number of ether oxygens (including phenoxy) is 2. The first-order valence-electron chi connectivity index (χ1n) is 32.3. The lowest BCUT2D eigenvalue weighted by molar-refractivity contribution is 0.118. The fourth-order valence-electron chi connectivity index (χ4n) is 13.0. The first-order valence-corrected chi connectivity index (χ1v) is 32.3. The largest absolute Gasteiger partial charge is 0.508 e. The second-order valence-electron chi connectivity index (χ2n) is 25.6. The highest BCUT2D eigenvalue weighted by molar-refractivity contribution is 5.47. The average Bonchev–Trinajstić information content (AvgIpc) is 3.28. The van der Waals surface area contributed by atoms with E-state index >= 15 is 0 Å². The molecule has 4 atom stereocenters. The van der Waals surface area contributed by atoms with Gasteiger partial charge in [-0.25, -0.2) is 0 Å². The van der Waals surface area contributed by atoms with Crippen LogP contribution in [-0.2, 0) is 0 Å². The van der Waals surface area contributed by atoms with Crippen molar-refractivity contribution in [3.05, 3.63) is 261 Å². The van der Waals surface area contributed by atoms with Gasteiger partial charge in [0, 0.05) is 70.6 Å². The zero-order valence-corrected chi connectivity index (χ0v) is 55.1. The van der Waals surface area contributed by atoms with E-state index in [1.165, 1.54) is 44.5 Å². The van der Waals surface area contributed by atoms with Crippen LogP contribution >= 0.6 is 0 Å². The lowest BCUT2D eigenvalue weighted by atomic mass is 9.85. The maximum absolute atomic E-state index is 10.8. The molecular formula is C80H103N3O4. The monoisotopic (exact) mass is 1170 g/mol. The van der Waals surface area contributed by atoms with E-state index in [-0.39, 0.29) is 30.5 Å². The van der Waals surface area contributed by atoms with E-state index < -0.39 is 0 Å². The Kier molecular flexibility index (Phi) is 25.7. The van der Waals surface area contributed by atoms with Gasteiger partial charge < -0.3 is 24.6 Å². The number of hydrogen-bond acceptors (Lipinski definition) is 7. The molecule has 7 heteroatoms. The number of aromatic hydroxyl groups is 2. The second kappa shape index (κ2) is 33.3. The highest BCUT2D eigenvalue weighted by Crippen LogP contribution is 2.40. The van der Waals surface area contributed by atoms with Gasteiger partial charge in [-0.05, 0) is 213 Å². The Balaban J connectivity index is 0.000000256. The fourth-order valence-corrected chi connectivity index (χ4v) is 13.0. The maximum Gasteiger partial charge on any atom is 0.230 e. The Bertz CT molecular complexity index is 3170. The van der Waals surface area contributed by atoms with E-state index in [0.29, 0.717) is 41.7 Å². The average molecular weight is 1170 g/mol. The Labute approximate surface area is 525 Å². The summed E-state index contributed by atoms with van der Waals surface area (Å²) in [6.07, 6.45) is 3.86. The molecule has 7 nitrogen and oxygen atoms in total. The summed E-state index contributed by atoms with van der Waals surface area (Å²) in [6.45, 7) is 35.4. The first kappa shape index (κ1) is 67.3. The number of phenolic OH excluding ortho intramolecular Hbond substituents is 2. The van der Waals surface area contributed by atoms with Crippen molar-refractivity contribution >= 4 is 0 Å². The van der Waals surface area contributed by atoms with Crippen LogP contribution in [0.4, 0.5) is 0 Å². The zero-order valence-electron chi connectivity index (χ0n) is 55.1. The van der Waals surface area contributed by atoms with Crippen LogP contribution in [0.15, 0.2) is 194 Å². The molecule has 87 heavy (non-hydrogen) atoms. The summed E-state index contributed by atoms with van der Waals surface area (Å²) >= 11 is 0. The van der Waals surface area contributed by atoms with Crippen LogP contribution in [0.2, 0.25) is 0 Å². The molecule has 0 fully saturated rings. The third-order valence-electron chi connectivity index (χ3n) is 17.7. The summed E-state index contributed by atoms with van der Waals surface area (Å²) in [5, 5.41) is 21.6. The molecule has 0 amide bonds. The molecule has 0 aliphatic heterocycles. The van der Waals surface area contributed by atoms with Crippen molar-refractivity contribution < 1.29 is 19.7 Å². The molecular weight excluding hydrogens is 1070 g/mol.